The highest BCUT2D eigenvalue weighted by Crippen LogP contribution is 2.30. The number of alkyl halides is 3. The van der Waals surface area contributed by atoms with Crippen LogP contribution in [-0.2, 0) is 11.3 Å². The molecule has 2 aliphatic rings. The number of pyridine rings is 1. The van der Waals surface area contributed by atoms with Crippen molar-refractivity contribution in [3.8, 4) is 5.75 Å². The molecule has 4 rings (SSSR count). The van der Waals surface area contributed by atoms with Gasteiger partial charge in [-0.1, -0.05) is 0 Å². The number of nitrogens with zero attached hydrogens (tertiary/aromatic N) is 4. The predicted octanol–water partition coefficient (Wildman–Crippen LogP) is 3.96. The van der Waals surface area contributed by atoms with Gasteiger partial charge in [-0.25, -0.2) is 9.69 Å². The molecule has 1 atom stereocenters. The van der Waals surface area contributed by atoms with Gasteiger partial charge in [0.2, 0.25) is 0 Å². The summed E-state index contributed by atoms with van der Waals surface area (Å²) in [5, 5.41) is 0. The molecule has 0 radical (unpaired) electrons. The third-order valence-electron chi connectivity index (χ3n) is 5.85. The first-order valence-corrected chi connectivity index (χ1v) is 10.9. The number of amides is 4. The summed E-state index contributed by atoms with van der Waals surface area (Å²) in [6.07, 6.45) is -0.352. The summed E-state index contributed by atoms with van der Waals surface area (Å²) < 4.78 is 41.0. The molecule has 0 bridgehead atoms. The Morgan fingerprint density at radius 2 is 1.76 bits per heavy atom. The lowest BCUT2D eigenvalue weighted by Crippen LogP contribution is -2.36. The van der Waals surface area contributed by atoms with E-state index in [1.54, 1.807) is 24.0 Å². The molecule has 2 aliphatic heterocycles. The largest absolute Gasteiger partial charge is 0.573 e. The molecule has 0 N–H and O–H groups in total. The number of imide groups is 1. The summed E-state index contributed by atoms with van der Waals surface area (Å²) >= 11 is 0. The van der Waals surface area contributed by atoms with E-state index in [0.717, 1.165) is 36.3 Å². The maximum absolute atomic E-state index is 13.0. The third kappa shape index (κ3) is 4.97. The molecule has 180 valence electrons. The lowest BCUT2D eigenvalue weighted by atomic mass is 10.1. The molecular formula is C23H23F3N4O4. The number of rotatable bonds is 5. The van der Waals surface area contributed by atoms with Crippen molar-refractivity contribution in [3.05, 3.63) is 53.9 Å². The van der Waals surface area contributed by atoms with E-state index < -0.39 is 30.1 Å². The van der Waals surface area contributed by atoms with Gasteiger partial charge in [0.05, 0.1) is 5.69 Å². The molecule has 34 heavy (non-hydrogen) atoms. The number of urea groups is 1. The van der Waals surface area contributed by atoms with E-state index in [-0.39, 0.29) is 23.8 Å². The first-order chi connectivity index (χ1) is 16.1. The van der Waals surface area contributed by atoms with Gasteiger partial charge in [-0.05, 0) is 68.1 Å². The molecular weight excluding hydrogens is 453 g/mol. The van der Waals surface area contributed by atoms with Crippen LogP contribution in [0.5, 0.6) is 5.75 Å². The van der Waals surface area contributed by atoms with Crippen LogP contribution in [0.1, 0.15) is 42.2 Å². The molecule has 8 nitrogen and oxygen atoms in total. The van der Waals surface area contributed by atoms with Crippen molar-refractivity contribution in [1.82, 2.24) is 14.8 Å². The Bertz CT molecular complexity index is 1080. The van der Waals surface area contributed by atoms with Gasteiger partial charge >= 0.3 is 12.4 Å². The van der Waals surface area contributed by atoms with Crippen molar-refractivity contribution in [2.75, 3.05) is 18.0 Å². The van der Waals surface area contributed by atoms with E-state index >= 15 is 0 Å². The van der Waals surface area contributed by atoms with E-state index in [1.807, 2.05) is 0 Å². The number of carbonyl (C=O) groups is 3. The highest BCUT2D eigenvalue weighted by Gasteiger charge is 2.43. The highest BCUT2D eigenvalue weighted by atomic mass is 19.4. The summed E-state index contributed by atoms with van der Waals surface area (Å²) in [4.78, 5) is 46.8. The molecule has 1 aromatic heterocycles. The van der Waals surface area contributed by atoms with Crippen molar-refractivity contribution in [2.24, 2.45) is 0 Å². The SMILES string of the molecule is CC1C(=O)N(c2ccc(OC(F)(F)F)cc2)C(=O)N1Cc1ccnc(C(=O)N2CCCCC2)c1. The first kappa shape index (κ1) is 23.5. The summed E-state index contributed by atoms with van der Waals surface area (Å²) in [5.74, 6) is -1.13. The summed E-state index contributed by atoms with van der Waals surface area (Å²) in [6, 6.07) is 6.40. The smallest absolute Gasteiger partial charge is 0.406 e. The van der Waals surface area contributed by atoms with Crippen LogP contribution in [0.25, 0.3) is 0 Å². The van der Waals surface area contributed by atoms with Gasteiger partial charge < -0.3 is 14.5 Å². The molecule has 0 saturated carbocycles. The Morgan fingerprint density at radius 3 is 2.41 bits per heavy atom. The van der Waals surface area contributed by atoms with Crippen LogP contribution in [0.3, 0.4) is 0 Å². The van der Waals surface area contributed by atoms with Gasteiger partial charge in [0, 0.05) is 25.8 Å². The lowest BCUT2D eigenvalue weighted by molar-refractivity contribution is -0.274. The number of anilines is 1. The number of hydrogen-bond acceptors (Lipinski definition) is 5. The zero-order chi connectivity index (χ0) is 24.5. The Balaban J connectivity index is 1.49. The summed E-state index contributed by atoms with van der Waals surface area (Å²) in [5.41, 5.74) is 1.05. The van der Waals surface area contributed by atoms with Crippen LogP contribution in [0, 0.1) is 0 Å². The maximum Gasteiger partial charge on any atom is 0.573 e. The number of benzene rings is 1. The second-order valence-electron chi connectivity index (χ2n) is 8.20. The molecule has 4 amide bonds. The van der Waals surface area contributed by atoms with Crippen LogP contribution in [0.4, 0.5) is 23.7 Å². The molecule has 1 aromatic carbocycles. The quantitative estimate of drug-likeness (QED) is 0.610. The first-order valence-electron chi connectivity index (χ1n) is 10.9. The van der Waals surface area contributed by atoms with Crippen LogP contribution in [0.15, 0.2) is 42.6 Å². The third-order valence-corrected chi connectivity index (χ3v) is 5.85. The molecule has 11 heteroatoms. The van der Waals surface area contributed by atoms with E-state index in [1.165, 1.54) is 23.2 Å². The van der Waals surface area contributed by atoms with Gasteiger partial charge in [0.1, 0.15) is 17.5 Å². The summed E-state index contributed by atoms with van der Waals surface area (Å²) in [6.45, 7) is 3.01. The number of aromatic nitrogens is 1. The topological polar surface area (TPSA) is 83.0 Å². The average molecular weight is 476 g/mol. The van der Waals surface area contributed by atoms with Crippen molar-refractivity contribution < 1.29 is 32.3 Å². The van der Waals surface area contributed by atoms with Crippen molar-refractivity contribution in [3.63, 3.8) is 0 Å². The molecule has 2 fully saturated rings. The Kier molecular flexibility index (Phi) is 6.45. The lowest BCUT2D eigenvalue weighted by Gasteiger charge is -2.26. The normalized spacial score (nSPS) is 19.1. The number of piperidine rings is 1. The minimum Gasteiger partial charge on any atom is -0.406 e. The van der Waals surface area contributed by atoms with Gasteiger partial charge in [0.15, 0.2) is 0 Å². The standard InChI is InChI=1S/C23H23F3N4O4/c1-15-20(31)30(17-5-7-18(8-6-17)34-23(24,25)26)22(33)29(15)14-16-9-10-27-19(13-16)21(32)28-11-3-2-4-12-28/h5-10,13,15H,2-4,11-12,14H2,1H3. The Labute approximate surface area is 193 Å². The van der Waals surface area contributed by atoms with Crippen LogP contribution < -0.4 is 9.64 Å². The Hall–Kier alpha value is -3.63. The fourth-order valence-corrected chi connectivity index (χ4v) is 4.09. The van der Waals surface area contributed by atoms with E-state index in [2.05, 4.69) is 9.72 Å². The molecule has 3 heterocycles. The van der Waals surface area contributed by atoms with Crippen LogP contribution in [-0.4, -0.2) is 58.1 Å². The number of carbonyl (C=O) groups excluding carboxylic acids is 3. The van der Waals surface area contributed by atoms with Gasteiger partial charge in [-0.15, -0.1) is 13.2 Å². The predicted molar refractivity (Wildman–Crippen MR) is 115 cm³/mol. The van der Waals surface area contributed by atoms with Crippen molar-refractivity contribution in [1.29, 1.82) is 0 Å². The fraction of sp³-hybridized carbons (Fsp3) is 0.391. The van der Waals surface area contributed by atoms with Crippen molar-refractivity contribution >= 4 is 23.5 Å². The minimum atomic E-state index is -4.84. The zero-order valence-electron chi connectivity index (χ0n) is 18.4. The van der Waals surface area contributed by atoms with E-state index in [9.17, 15) is 27.6 Å². The van der Waals surface area contributed by atoms with E-state index in [0.29, 0.717) is 18.7 Å². The summed E-state index contributed by atoms with van der Waals surface area (Å²) in [7, 11) is 0. The van der Waals surface area contributed by atoms with E-state index in [4.69, 9.17) is 0 Å². The number of halogens is 3. The van der Waals surface area contributed by atoms with Gasteiger partial charge in [-0.2, -0.15) is 0 Å². The molecule has 1 unspecified atom stereocenters. The molecule has 2 saturated heterocycles. The maximum atomic E-state index is 13.0. The Morgan fingerprint density at radius 1 is 1.09 bits per heavy atom. The van der Waals surface area contributed by atoms with Crippen LogP contribution >= 0.6 is 0 Å². The fourth-order valence-electron chi connectivity index (χ4n) is 4.09. The highest BCUT2D eigenvalue weighted by molar-refractivity contribution is 6.21. The number of likely N-dealkylation sites (tertiary alicyclic amines) is 1. The second-order valence-corrected chi connectivity index (χ2v) is 8.20. The molecule has 0 spiro atoms. The monoisotopic (exact) mass is 476 g/mol. The van der Waals surface area contributed by atoms with Crippen molar-refractivity contribution in [2.45, 2.75) is 45.1 Å². The number of ether oxygens (including phenoxy) is 1. The van der Waals surface area contributed by atoms with Gasteiger partial charge in [0.25, 0.3) is 11.8 Å². The average Bonchev–Trinajstić information content (AvgIpc) is 3.02. The zero-order valence-corrected chi connectivity index (χ0v) is 18.4. The van der Waals surface area contributed by atoms with Crippen LogP contribution in [0.2, 0.25) is 0 Å². The van der Waals surface area contributed by atoms with Gasteiger partial charge in [-0.3, -0.25) is 14.6 Å². The number of hydrogen-bond donors (Lipinski definition) is 0. The second kappa shape index (κ2) is 9.32. The minimum absolute atomic E-state index is 0.0698. The molecule has 2 aromatic rings. The molecule has 0 aliphatic carbocycles.